The summed E-state index contributed by atoms with van der Waals surface area (Å²) in [5.41, 5.74) is 3.68. The Morgan fingerprint density at radius 3 is 2.19 bits per heavy atom. The molecule has 0 spiro atoms. The highest BCUT2D eigenvalue weighted by atomic mass is 32.1. The fourth-order valence-electron chi connectivity index (χ4n) is 3.69. The molecule has 1 aromatic heterocycles. The van der Waals surface area contributed by atoms with Crippen LogP contribution in [0.15, 0.2) is 48.5 Å². The summed E-state index contributed by atoms with van der Waals surface area (Å²) < 4.78 is 28.4. The molecule has 0 saturated carbocycles. The molecule has 0 radical (unpaired) electrons. The number of fused-ring (bicyclic) bond motifs is 1. The third-order valence-corrected chi connectivity index (χ3v) is 6.44. The summed E-state index contributed by atoms with van der Waals surface area (Å²) in [7, 11) is 6.27. The van der Waals surface area contributed by atoms with Crippen LogP contribution < -0.4 is 29.0 Å². The van der Waals surface area contributed by atoms with E-state index in [4.69, 9.17) is 23.7 Å². The van der Waals surface area contributed by atoms with Gasteiger partial charge in [-0.15, -0.1) is 0 Å². The van der Waals surface area contributed by atoms with Crippen LogP contribution in [-0.4, -0.2) is 45.9 Å². The summed E-state index contributed by atoms with van der Waals surface area (Å²) in [6, 6.07) is 15.2. The first-order chi connectivity index (χ1) is 17.9. The van der Waals surface area contributed by atoms with E-state index in [0.717, 1.165) is 26.9 Å². The lowest BCUT2D eigenvalue weighted by Crippen LogP contribution is -2.20. The number of hydrogen-bond donors (Lipinski definition) is 1. The van der Waals surface area contributed by atoms with Crippen molar-refractivity contribution in [1.29, 1.82) is 0 Å². The van der Waals surface area contributed by atoms with Crippen LogP contribution in [-0.2, 0) is 4.79 Å². The second kappa shape index (κ2) is 11.7. The van der Waals surface area contributed by atoms with E-state index in [-0.39, 0.29) is 12.5 Å². The molecule has 0 aliphatic heterocycles. The minimum atomic E-state index is -0.309. The minimum absolute atomic E-state index is 0.189. The minimum Gasteiger partial charge on any atom is -0.493 e. The number of methoxy groups -OCH3 is 4. The second-order valence-electron chi connectivity index (χ2n) is 8.03. The first kappa shape index (κ1) is 25.8. The van der Waals surface area contributed by atoms with Crippen LogP contribution in [0.25, 0.3) is 22.4 Å². The third-order valence-electron chi connectivity index (χ3n) is 5.49. The number of carbonyl (C=O) groups excluding carboxylic acids is 1. The number of ether oxygens (including phenoxy) is 5. The van der Waals surface area contributed by atoms with Crippen molar-refractivity contribution < 1.29 is 28.5 Å². The van der Waals surface area contributed by atoms with Gasteiger partial charge < -0.3 is 23.7 Å². The van der Waals surface area contributed by atoms with Crippen LogP contribution >= 0.6 is 11.3 Å². The molecule has 4 rings (SSSR count). The van der Waals surface area contributed by atoms with Gasteiger partial charge in [-0.1, -0.05) is 35.6 Å². The molecule has 4 aromatic rings. The number of aromatic nitrogens is 1. The first-order valence-corrected chi connectivity index (χ1v) is 12.2. The van der Waals surface area contributed by atoms with Crippen molar-refractivity contribution in [3.05, 3.63) is 65.2 Å². The Kier molecular flexibility index (Phi) is 8.15. The van der Waals surface area contributed by atoms with Gasteiger partial charge in [0, 0.05) is 0 Å². The summed E-state index contributed by atoms with van der Waals surface area (Å²) in [6.07, 6.45) is 3.83. The Balaban J connectivity index is 1.46. The number of hydrogen-bond acceptors (Lipinski definition) is 8. The fourth-order valence-corrected chi connectivity index (χ4v) is 4.55. The molecule has 0 bridgehead atoms. The topological polar surface area (TPSA) is 88.1 Å². The molecular weight excluding hydrogens is 492 g/mol. The summed E-state index contributed by atoms with van der Waals surface area (Å²) in [5.74, 6) is 2.32. The predicted octanol–water partition coefficient (Wildman–Crippen LogP) is 5.83. The van der Waals surface area contributed by atoms with Crippen molar-refractivity contribution in [3.8, 4) is 28.7 Å². The highest BCUT2D eigenvalue weighted by molar-refractivity contribution is 7.22. The Labute approximate surface area is 219 Å². The quantitative estimate of drug-likeness (QED) is 0.263. The zero-order chi connectivity index (χ0) is 26.4. The molecule has 1 heterocycles. The number of aryl methyl sites for hydroxylation is 1. The number of thiazole rings is 1. The molecule has 8 nitrogen and oxygen atoms in total. The normalized spacial score (nSPS) is 10.9. The van der Waals surface area contributed by atoms with Crippen molar-refractivity contribution in [2.75, 3.05) is 40.4 Å². The lowest BCUT2D eigenvalue weighted by Gasteiger charge is -2.13. The number of anilines is 1. The van der Waals surface area contributed by atoms with Crippen LogP contribution in [0.5, 0.6) is 28.7 Å². The van der Waals surface area contributed by atoms with Crippen LogP contribution in [0.1, 0.15) is 16.7 Å². The van der Waals surface area contributed by atoms with Crippen molar-refractivity contribution in [2.45, 2.75) is 6.92 Å². The Bertz CT molecular complexity index is 1420. The first-order valence-electron chi connectivity index (χ1n) is 11.4. The van der Waals surface area contributed by atoms with Crippen molar-refractivity contribution in [3.63, 3.8) is 0 Å². The van der Waals surface area contributed by atoms with Crippen LogP contribution in [0.4, 0.5) is 5.13 Å². The number of amides is 1. The number of nitrogens with one attached hydrogen (secondary N) is 1. The molecular formula is C28H28N2O6S. The van der Waals surface area contributed by atoms with Crippen LogP contribution in [0, 0.1) is 6.92 Å². The van der Waals surface area contributed by atoms with E-state index in [0.29, 0.717) is 33.9 Å². The standard InChI is InChI=1S/C28H28N2O6S/c1-17-6-11-25-20(12-17)29-28(37-25)30-26(31)16-36-22-13-18(9-10-21(22)32-2)7-8-19-14-23(33-3)27(35-5)24(15-19)34-4/h6-15H,16H2,1-5H3,(H,29,30,31). The van der Waals surface area contributed by atoms with E-state index in [9.17, 15) is 4.79 Å². The summed E-state index contributed by atoms with van der Waals surface area (Å²) in [6.45, 7) is 1.82. The average molecular weight is 521 g/mol. The largest absolute Gasteiger partial charge is 0.493 e. The smallest absolute Gasteiger partial charge is 0.264 e. The van der Waals surface area contributed by atoms with Gasteiger partial charge in [-0.25, -0.2) is 4.98 Å². The van der Waals surface area contributed by atoms with Gasteiger partial charge in [0.25, 0.3) is 5.91 Å². The molecule has 37 heavy (non-hydrogen) atoms. The lowest BCUT2D eigenvalue weighted by atomic mass is 10.1. The van der Waals surface area contributed by atoms with Crippen LogP contribution in [0.3, 0.4) is 0 Å². The van der Waals surface area contributed by atoms with Crippen molar-refractivity contribution in [1.82, 2.24) is 4.98 Å². The van der Waals surface area contributed by atoms with Gasteiger partial charge in [-0.2, -0.15) is 0 Å². The molecule has 0 unspecified atom stereocenters. The highest BCUT2D eigenvalue weighted by Gasteiger charge is 2.13. The van der Waals surface area contributed by atoms with E-state index < -0.39 is 0 Å². The number of carbonyl (C=O) groups is 1. The predicted molar refractivity (Wildman–Crippen MR) is 147 cm³/mol. The molecule has 0 saturated heterocycles. The third kappa shape index (κ3) is 6.13. The van der Waals surface area contributed by atoms with Gasteiger partial charge in [0.2, 0.25) is 5.75 Å². The van der Waals surface area contributed by atoms with Crippen LogP contribution in [0.2, 0.25) is 0 Å². The van der Waals surface area contributed by atoms with Crippen molar-refractivity contribution in [2.24, 2.45) is 0 Å². The van der Waals surface area contributed by atoms with E-state index in [2.05, 4.69) is 10.3 Å². The molecule has 0 fully saturated rings. The van der Waals surface area contributed by atoms with Crippen molar-refractivity contribution >= 4 is 44.7 Å². The summed E-state index contributed by atoms with van der Waals surface area (Å²) in [4.78, 5) is 17.0. The number of benzene rings is 3. The molecule has 3 aromatic carbocycles. The Morgan fingerprint density at radius 2 is 1.51 bits per heavy atom. The molecule has 0 aliphatic rings. The molecule has 1 N–H and O–H groups in total. The maximum absolute atomic E-state index is 12.5. The summed E-state index contributed by atoms with van der Waals surface area (Å²) in [5, 5.41) is 3.34. The zero-order valence-electron chi connectivity index (χ0n) is 21.3. The number of nitrogens with zero attached hydrogens (tertiary/aromatic N) is 1. The van der Waals surface area contributed by atoms with Gasteiger partial charge >= 0.3 is 0 Å². The van der Waals surface area contributed by atoms with Gasteiger partial charge in [0.1, 0.15) is 0 Å². The molecule has 1 amide bonds. The fraction of sp³-hybridized carbons (Fsp3) is 0.214. The maximum Gasteiger partial charge on any atom is 0.264 e. The molecule has 192 valence electrons. The van der Waals surface area contributed by atoms with Gasteiger partial charge in [-0.3, -0.25) is 10.1 Å². The second-order valence-corrected chi connectivity index (χ2v) is 9.06. The summed E-state index contributed by atoms with van der Waals surface area (Å²) >= 11 is 1.42. The van der Waals surface area contributed by atoms with Gasteiger partial charge in [-0.05, 0) is 60.0 Å². The molecule has 0 atom stereocenters. The lowest BCUT2D eigenvalue weighted by molar-refractivity contribution is -0.118. The maximum atomic E-state index is 12.5. The monoisotopic (exact) mass is 520 g/mol. The van der Waals surface area contributed by atoms with E-state index in [1.807, 2.05) is 55.5 Å². The molecule has 0 aliphatic carbocycles. The number of rotatable bonds is 10. The Hall–Kier alpha value is -4.24. The van der Waals surface area contributed by atoms with E-state index in [1.54, 1.807) is 40.6 Å². The Morgan fingerprint density at radius 1 is 0.838 bits per heavy atom. The van der Waals surface area contributed by atoms with E-state index in [1.165, 1.54) is 11.3 Å². The van der Waals surface area contributed by atoms with Gasteiger partial charge in [0.15, 0.2) is 34.7 Å². The van der Waals surface area contributed by atoms with Gasteiger partial charge in [0.05, 0.1) is 38.7 Å². The SMILES string of the molecule is COc1ccc(C=Cc2cc(OC)c(OC)c(OC)c2)cc1OCC(=O)Nc1nc2cc(C)ccc2s1. The average Bonchev–Trinajstić information content (AvgIpc) is 3.31. The molecule has 9 heteroatoms. The van der Waals surface area contributed by atoms with E-state index >= 15 is 0 Å². The highest BCUT2D eigenvalue weighted by Crippen LogP contribution is 2.39. The zero-order valence-corrected chi connectivity index (χ0v) is 22.1.